The first kappa shape index (κ1) is 17.9. The van der Waals surface area contributed by atoms with Crippen molar-refractivity contribution < 1.29 is 28.9 Å². The number of imidazole rings is 1. The molecule has 11 heteroatoms. The second kappa shape index (κ2) is 6.94. The molecule has 28 heavy (non-hydrogen) atoms. The number of nitrogens with zero attached hydrogens (tertiary/aromatic N) is 4. The molecule has 0 bridgehead atoms. The van der Waals surface area contributed by atoms with E-state index < -0.39 is 36.5 Å². The van der Waals surface area contributed by atoms with Crippen LogP contribution in [0, 0.1) is 0 Å². The molecule has 0 spiro atoms. The molecule has 0 radical (unpaired) electrons. The third-order valence-corrected chi connectivity index (χ3v) is 4.34. The highest BCUT2D eigenvalue weighted by atomic mass is 19.1. The third-order valence-electron chi connectivity index (χ3n) is 4.34. The molecule has 1 saturated heterocycles. The summed E-state index contributed by atoms with van der Waals surface area (Å²) in [6.07, 6.45) is -4.65. The fraction of sp³-hybridized carbons (Fsp3) is 0.235. The second-order valence-electron chi connectivity index (χ2n) is 6.09. The van der Waals surface area contributed by atoms with Crippen LogP contribution in [0.5, 0.6) is 0 Å². The molecule has 2 aromatic heterocycles. The van der Waals surface area contributed by atoms with Gasteiger partial charge in [0.05, 0.1) is 6.33 Å². The van der Waals surface area contributed by atoms with E-state index in [2.05, 4.69) is 20.3 Å². The summed E-state index contributed by atoms with van der Waals surface area (Å²) < 4.78 is 20.7. The van der Waals surface area contributed by atoms with Crippen LogP contribution >= 0.6 is 0 Å². The third kappa shape index (κ3) is 2.96. The lowest BCUT2D eigenvalue weighted by molar-refractivity contribution is -0.155. The molecule has 10 nitrogen and oxygen atoms in total. The zero-order chi connectivity index (χ0) is 19.8. The van der Waals surface area contributed by atoms with Crippen molar-refractivity contribution in [2.45, 2.75) is 24.6 Å². The minimum Gasteiger partial charge on any atom is -0.479 e. The number of aliphatic hydroxyl groups excluding tert-OH is 1. The Morgan fingerprint density at radius 3 is 2.61 bits per heavy atom. The van der Waals surface area contributed by atoms with Gasteiger partial charge in [-0.1, -0.05) is 18.2 Å². The molecule has 1 fully saturated rings. The number of aliphatic hydroxyl groups is 1. The molecule has 0 aliphatic carbocycles. The van der Waals surface area contributed by atoms with E-state index in [-0.39, 0.29) is 17.0 Å². The summed E-state index contributed by atoms with van der Waals surface area (Å²) in [4.78, 5) is 35.5. The summed E-state index contributed by atoms with van der Waals surface area (Å²) in [5.74, 6) is -1.80. The van der Waals surface area contributed by atoms with Crippen LogP contribution in [-0.2, 0) is 9.53 Å². The van der Waals surface area contributed by atoms with Gasteiger partial charge in [-0.2, -0.15) is 0 Å². The van der Waals surface area contributed by atoms with Crippen LogP contribution in [-0.4, -0.2) is 60.0 Å². The summed E-state index contributed by atoms with van der Waals surface area (Å²) in [6, 6.07) is 8.44. The molecule has 1 amide bonds. The van der Waals surface area contributed by atoms with Crippen molar-refractivity contribution in [1.29, 1.82) is 0 Å². The molecule has 3 heterocycles. The van der Waals surface area contributed by atoms with Crippen molar-refractivity contribution in [2.75, 3.05) is 5.32 Å². The van der Waals surface area contributed by atoms with Gasteiger partial charge in [0.1, 0.15) is 12.4 Å². The van der Waals surface area contributed by atoms with E-state index in [1.54, 1.807) is 30.3 Å². The lowest BCUT2D eigenvalue weighted by Crippen LogP contribution is -2.34. The largest absolute Gasteiger partial charge is 0.479 e. The minimum absolute atomic E-state index is 0.0985. The normalized spacial score (nSPS) is 24.4. The van der Waals surface area contributed by atoms with Gasteiger partial charge in [-0.05, 0) is 12.1 Å². The quantitative estimate of drug-likeness (QED) is 0.596. The summed E-state index contributed by atoms with van der Waals surface area (Å²) >= 11 is 0. The highest BCUT2D eigenvalue weighted by Gasteiger charge is 2.49. The molecule has 1 aliphatic rings. The molecular formula is C17H14FN5O5. The fourth-order valence-corrected chi connectivity index (χ4v) is 2.96. The highest BCUT2D eigenvalue weighted by molar-refractivity contribution is 6.06. The number of benzene rings is 1. The van der Waals surface area contributed by atoms with Gasteiger partial charge in [-0.3, -0.25) is 9.36 Å². The summed E-state index contributed by atoms with van der Waals surface area (Å²) in [5, 5.41) is 21.4. The predicted molar refractivity (Wildman–Crippen MR) is 92.2 cm³/mol. The molecule has 1 unspecified atom stereocenters. The topological polar surface area (TPSA) is 139 Å². The van der Waals surface area contributed by atoms with E-state index in [4.69, 9.17) is 9.84 Å². The lowest BCUT2D eigenvalue weighted by atomic mass is 10.1. The van der Waals surface area contributed by atoms with E-state index in [9.17, 15) is 19.1 Å². The van der Waals surface area contributed by atoms with Gasteiger partial charge in [0.15, 0.2) is 35.5 Å². The summed E-state index contributed by atoms with van der Waals surface area (Å²) in [5.41, 5.74) is 0.684. The smallest absolute Gasteiger partial charge is 0.335 e. The maximum absolute atomic E-state index is 14.4. The van der Waals surface area contributed by atoms with Crippen LogP contribution in [0.4, 0.5) is 10.2 Å². The summed E-state index contributed by atoms with van der Waals surface area (Å²) in [6.45, 7) is 0. The SMILES string of the molecule is O=C(Nc1ncnc2c1ncn2[C@@H]1O[C@H](C(=O)O)[C@@H](O)C1F)c1ccccc1. The first-order valence-electron chi connectivity index (χ1n) is 8.21. The number of rotatable bonds is 4. The molecule has 4 atom stereocenters. The Balaban J connectivity index is 1.66. The van der Waals surface area contributed by atoms with E-state index in [1.165, 1.54) is 6.33 Å². The molecule has 3 aromatic rings. The van der Waals surface area contributed by atoms with Gasteiger partial charge in [0.2, 0.25) is 0 Å². The second-order valence-corrected chi connectivity index (χ2v) is 6.09. The monoisotopic (exact) mass is 387 g/mol. The number of alkyl halides is 1. The molecule has 3 N–H and O–H groups in total. The van der Waals surface area contributed by atoms with Gasteiger partial charge in [-0.15, -0.1) is 0 Å². The average molecular weight is 387 g/mol. The van der Waals surface area contributed by atoms with Crippen molar-refractivity contribution in [2.24, 2.45) is 0 Å². The Hall–Kier alpha value is -3.44. The molecule has 144 valence electrons. The number of fused-ring (bicyclic) bond motifs is 1. The summed E-state index contributed by atoms with van der Waals surface area (Å²) in [7, 11) is 0. The number of aliphatic carboxylic acids is 1. The number of carbonyl (C=O) groups excluding carboxylic acids is 1. The predicted octanol–water partition coefficient (Wildman–Crippen LogP) is 0.760. The fourth-order valence-electron chi connectivity index (χ4n) is 2.96. The number of hydrogen-bond acceptors (Lipinski definition) is 7. The molecule has 1 aliphatic heterocycles. The maximum atomic E-state index is 14.4. The number of aromatic nitrogens is 4. The number of ether oxygens (including phenoxy) is 1. The van der Waals surface area contributed by atoms with E-state index in [0.29, 0.717) is 5.56 Å². The van der Waals surface area contributed by atoms with Gasteiger partial charge in [0, 0.05) is 5.56 Å². The van der Waals surface area contributed by atoms with Crippen molar-refractivity contribution in [3.05, 3.63) is 48.5 Å². The molecular weight excluding hydrogens is 373 g/mol. The number of carboxylic acids is 1. The number of anilines is 1. The van der Waals surface area contributed by atoms with Crippen LogP contribution in [0.25, 0.3) is 11.2 Å². The number of nitrogens with one attached hydrogen (secondary N) is 1. The molecule has 1 aromatic carbocycles. The van der Waals surface area contributed by atoms with E-state index in [1.807, 2.05) is 0 Å². The lowest BCUT2D eigenvalue weighted by Gasteiger charge is -2.14. The molecule has 4 rings (SSSR count). The molecule has 0 saturated carbocycles. The van der Waals surface area contributed by atoms with Crippen LogP contribution in [0.15, 0.2) is 43.0 Å². The maximum Gasteiger partial charge on any atom is 0.335 e. The Morgan fingerprint density at radius 1 is 1.18 bits per heavy atom. The first-order chi connectivity index (χ1) is 13.5. The van der Waals surface area contributed by atoms with Crippen LogP contribution in [0.1, 0.15) is 16.6 Å². The van der Waals surface area contributed by atoms with Gasteiger partial charge >= 0.3 is 5.97 Å². The van der Waals surface area contributed by atoms with Gasteiger partial charge < -0.3 is 20.3 Å². The van der Waals surface area contributed by atoms with Crippen molar-refractivity contribution in [3.8, 4) is 0 Å². The Kier molecular flexibility index (Phi) is 4.45. The zero-order valence-corrected chi connectivity index (χ0v) is 14.1. The number of carboxylic acid groups (broad SMARTS) is 1. The van der Waals surface area contributed by atoms with Crippen LogP contribution in [0.2, 0.25) is 0 Å². The van der Waals surface area contributed by atoms with Crippen LogP contribution in [0.3, 0.4) is 0 Å². The van der Waals surface area contributed by atoms with E-state index in [0.717, 1.165) is 10.9 Å². The number of amides is 1. The Morgan fingerprint density at radius 2 is 1.93 bits per heavy atom. The van der Waals surface area contributed by atoms with Crippen molar-refractivity contribution in [3.63, 3.8) is 0 Å². The van der Waals surface area contributed by atoms with Gasteiger partial charge in [0.25, 0.3) is 5.91 Å². The number of halogens is 1. The average Bonchev–Trinajstić information content (AvgIpc) is 3.25. The standard InChI is InChI=1S/C17H14FN5O5/c18-9-11(24)12(17(26)27)28-16(9)23-7-21-10-13(19-6-20-14(10)23)22-15(25)8-4-2-1-3-5-8/h1-7,9,11-12,16,24H,(H,26,27)(H,19,20,22,25)/t9?,11-,12-,16+/m0/s1. The van der Waals surface area contributed by atoms with Crippen molar-refractivity contribution in [1.82, 2.24) is 19.5 Å². The Bertz CT molecular complexity index is 1040. The zero-order valence-electron chi connectivity index (χ0n) is 14.1. The number of hydrogen-bond donors (Lipinski definition) is 3. The van der Waals surface area contributed by atoms with Crippen molar-refractivity contribution >= 4 is 28.9 Å². The van der Waals surface area contributed by atoms with E-state index >= 15 is 0 Å². The highest BCUT2D eigenvalue weighted by Crippen LogP contribution is 2.34. The minimum atomic E-state index is -2.00. The number of carbonyl (C=O) groups is 2. The van der Waals surface area contributed by atoms with Crippen LogP contribution < -0.4 is 5.32 Å². The Labute approximate surface area is 156 Å². The first-order valence-corrected chi connectivity index (χ1v) is 8.21. The van der Waals surface area contributed by atoms with Gasteiger partial charge in [-0.25, -0.2) is 24.1 Å².